The third-order valence-corrected chi connectivity index (χ3v) is 6.99. The first-order chi connectivity index (χ1) is 17.5. The first kappa shape index (κ1) is 26.6. The third-order valence-electron chi connectivity index (χ3n) is 6.99. The lowest BCUT2D eigenvalue weighted by Gasteiger charge is -2.45. The van der Waals surface area contributed by atoms with Gasteiger partial charge in [0, 0.05) is 68.8 Å². The van der Waals surface area contributed by atoms with Gasteiger partial charge in [-0.3, -0.25) is 10.3 Å². The van der Waals surface area contributed by atoms with Crippen molar-refractivity contribution in [2.75, 3.05) is 31.1 Å². The lowest BCUT2D eigenvalue weighted by atomic mass is 10.0. The van der Waals surface area contributed by atoms with Crippen molar-refractivity contribution >= 4 is 17.8 Å². The molecule has 12 heteroatoms. The van der Waals surface area contributed by atoms with Crippen molar-refractivity contribution in [1.82, 2.24) is 25.1 Å². The van der Waals surface area contributed by atoms with E-state index < -0.39 is 11.7 Å². The number of piperazine rings is 1. The summed E-state index contributed by atoms with van der Waals surface area (Å²) in [6.07, 6.45) is -1.19. The van der Waals surface area contributed by atoms with Gasteiger partial charge in [0.05, 0.1) is 5.56 Å². The molecule has 37 heavy (non-hydrogen) atoms. The summed E-state index contributed by atoms with van der Waals surface area (Å²) in [4.78, 5) is 26.9. The minimum Gasteiger partial charge on any atom is -0.384 e. The Morgan fingerprint density at radius 3 is 2.16 bits per heavy atom. The normalized spacial score (nSPS) is 21.6. The number of anilines is 1. The van der Waals surface area contributed by atoms with E-state index in [2.05, 4.69) is 20.2 Å². The number of urea groups is 1. The number of benzene rings is 1. The van der Waals surface area contributed by atoms with Gasteiger partial charge in [0.1, 0.15) is 5.84 Å². The SMILES string of the molecule is C[C@@H]1CN(c2ncc(C(F)(F)F)cn2)C[C@H](C)N1C(=O)NC1CCN(Cc2ccc(C(=N)N)cc2)CC1. The summed E-state index contributed by atoms with van der Waals surface area (Å²) in [6.45, 7) is 7.25. The molecule has 0 saturated carbocycles. The number of nitrogen functional groups attached to an aromatic ring is 1. The maximum absolute atomic E-state index is 13.1. The van der Waals surface area contributed by atoms with Crippen LogP contribution >= 0.6 is 0 Å². The molecule has 9 nitrogen and oxygen atoms in total. The van der Waals surface area contributed by atoms with Crippen molar-refractivity contribution < 1.29 is 18.0 Å². The molecule has 200 valence electrons. The number of halogens is 3. The number of nitrogens with two attached hydrogens (primary N) is 1. The largest absolute Gasteiger partial charge is 0.419 e. The molecule has 0 aliphatic carbocycles. The average molecular weight is 519 g/mol. The van der Waals surface area contributed by atoms with Crippen LogP contribution in [0.2, 0.25) is 0 Å². The number of carbonyl (C=O) groups is 1. The highest BCUT2D eigenvalue weighted by molar-refractivity contribution is 5.94. The van der Waals surface area contributed by atoms with Gasteiger partial charge < -0.3 is 20.9 Å². The number of carbonyl (C=O) groups excluding carboxylic acids is 1. The Morgan fingerprint density at radius 2 is 1.65 bits per heavy atom. The number of amides is 2. The van der Waals surface area contributed by atoms with Crippen molar-refractivity contribution in [2.45, 2.75) is 57.5 Å². The molecule has 4 N–H and O–H groups in total. The van der Waals surface area contributed by atoms with Crippen molar-refractivity contribution in [3.05, 3.63) is 53.3 Å². The number of amidine groups is 1. The molecular formula is C25H33F3N8O. The second kappa shape index (κ2) is 10.9. The van der Waals surface area contributed by atoms with Gasteiger partial charge in [-0.2, -0.15) is 13.2 Å². The van der Waals surface area contributed by atoms with E-state index in [4.69, 9.17) is 11.1 Å². The molecule has 4 rings (SSSR count). The summed E-state index contributed by atoms with van der Waals surface area (Å²) in [6, 6.07) is 7.34. The summed E-state index contributed by atoms with van der Waals surface area (Å²) >= 11 is 0. The van der Waals surface area contributed by atoms with E-state index in [0.717, 1.165) is 50.4 Å². The summed E-state index contributed by atoms with van der Waals surface area (Å²) in [5, 5.41) is 10.7. The highest BCUT2D eigenvalue weighted by Gasteiger charge is 2.36. The molecule has 2 amide bonds. The Morgan fingerprint density at radius 1 is 1.08 bits per heavy atom. The van der Waals surface area contributed by atoms with Gasteiger partial charge in [-0.25, -0.2) is 14.8 Å². The van der Waals surface area contributed by atoms with E-state index in [1.807, 2.05) is 47.9 Å². The van der Waals surface area contributed by atoms with Crippen LogP contribution in [0.25, 0.3) is 0 Å². The van der Waals surface area contributed by atoms with Crippen LogP contribution in [0.1, 0.15) is 43.4 Å². The minimum absolute atomic E-state index is 0.0566. The Labute approximate surface area is 214 Å². The van der Waals surface area contributed by atoms with E-state index in [9.17, 15) is 18.0 Å². The molecule has 0 bridgehead atoms. The van der Waals surface area contributed by atoms with Crippen LogP contribution in [0.5, 0.6) is 0 Å². The Balaban J connectivity index is 1.26. The lowest BCUT2D eigenvalue weighted by molar-refractivity contribution is -0.138. The number of aromatic nitrogens is 2. The van der Waals surface area contributed by atoms with Gasteiger partial charge in [-0.05, 0) is 32.3 Å². The Bertz CT molecular complexity index is 1070. The smallest absolute Gasteiger partial charge is 0.384 e. The highest BCUT2D eigenvalue weighted by Crippen LogP contribution is 2.29. The number of hydrogen-bond acceptors (Lipinski definition) is 6. The van der Waals surface area contributed by atoms with E-state index in [-0.39, 0.29) is 35.9 Å². The predicted molar refractivity (Wildman–Crippen MR) is 134 cm³/mol. The van der Waals surface area contributed by atoms with E-state index in [1.165, 1.54) is 0 Å². The molecule has 2 aliphatic rings. The summed E-state index contributed by atoms with van der Waals surface area (Å²) in [7, 11) is 0. The second-order valence-electron chi connectivity index (χ2n) is 9.89. The zero-order valence-corrected chi connectivity index (χ0v) is 21.0. The monoisotopic (exact) mass is 518 g/mol. The topological polar surface area (TPSA) is 114 Å². The number of alkyl halides is 3. The third kappa shape index (κ3) is 6.48. The average Bonchev–Trinajstić information content (AvgIpc) is 2.84. The molecule has 0 unspecified atom stereocenters. The summed E-state index contributed by atoms with van der Waals surface area (Å²) < 4.78 is 38.5. The maximum Gasteiger partial charge on any atom is 0.419 e. The molecule has 2 fully saturated rings. The number of hydrogen-bond donors (Lipinski definition) is 3. The number of rotatable bonds is 5. The zero-order chi connectivity index (χ0) is 26.7. The van der Waals surface area contributed by atoms with Gasteiger partial charge in [0.15, 0.2) is 0 Å². The quantitative estimate of drug-likeness (QED) is 0.414. The van der Waals surface area contributed by atoms with Gasteiger partial charge >= 0.3 is 12.2 Å². The molecule has 2 aromatic rings. The van der Waals surface area contributed by atoms with Crippen molar-refractivity contribution in [3.8, 4) is 0 Å². The van der Waals surface area contributed by atoms with Crippen molar-refractivity contribution in [1.29, 1.82) is 5.41 Å². The Hall–Kier alpha value is -3.41. The van der Waals surface area contributed by atoms with Gasteiger partial charge in [-0.15, -0.1) is 0 Å². The fourth-order valence-corrected chi connectivity index (χ4v) is 5.05. The molecule has 1 aromatic heterocycles. The molecule has 3 heterocycles. The predicted octanol–water partition coefficient (Wildman–Crippen LogP) is 3.05. The van der Waals surface area contributed by atoms with Gasteiger partial charge in [0.25, 0.3) is 0 Å². The maximum atomic E-state index is 13.1. The highest BCUT2D eigenvalue weighted by atomic mass is 19.4. The number of likely N-dealkylation sites (tertiary alicyclic amines) is 1. The Kier molecular flexibility index (Phi) is 7.86. The molecular weight excluding hydrogens is 485 g/mol. The second-order valence-corrected chi connectivity index (χ2v) is 9.89. The van der Waals surface area contributed by atoms with E-state index in [1.54, 1.807) is 0 Å². The number of nitrogens with one attached hydrogen (secondary N) is 2. The molecule has 2 atom stereocenters. The van der Waals surface area contributed by atoms with Crippen LogP contribution < -0.4 is 16.0 Å². The number of piperidine rings is 1. The standard InChI is InChI=1S/C25H33F3N8O/c1-16-13-35(23-31-11-20(12-32-23)25(26,27)28)14-17(2)36(16)24(37)33-21-7-9-34(10-8-21)15-18-3-5-19(6-4-18)22(29)30/h3-6,11-12,16-17,21H,7-10,13-15H2,1-2H3,(H3,29,30)(H,33,37)/t16-,17+. The van der Waals surface area contributed by atoms with Crippen LogP contribution in [0, 0.1) is 5.41 Å². The first-order valence-electron chi connectivity index (χ1n) is 12.4. The molecule has 0 radical (unpaired) electrons. The van der Waals surface area contributed by atoms with Gasteiger partial charge in [0.2, 0.25) is 5.95 Å². The van der Waals surface area contributed by atoms with Crippen LogP contribution in [0.4, 0.5) is 23.9 Å². The molecule has 1 aromatic carbocycles. The number of nitrogens with zero attached hydrogens (tertiary/aromatic N) is 5. The van der Waals surface area contributed by atoms with Gasteiger partial charge in [-0.1, -0.05) is 24.3 Å². The fourth-order valence-electron chi connectivity index (χ4n) is 5.05. The van der Waals surface area contributed by atoms with Crippen LogP contribution in [-0.4, -0.2) is 75.9 Å². The van der Waals surface area contributed by atoms with Crippen LogP contribution in [-0.2, 0) is 12.7 Å². The molecule has 2 saturated heterocycles. The summed E-state index contributed by atoms with van der Waals surface area (Å²) in [5.41, 5.74) is 6.50. The first-order valence-corrected chi connectivity index (χ1v) is 12.4. The van der Waals surface area contributed by atoms with Crippen LogP contribution in [0.3, 0.4) is 0 Å². The molecule has 0 spiro atoms. The van der Waals surface area contributed by atoms with E-state index in [0.29, 0.717) is 18.7 Å². The van der Waals surface area contributed by atoms with Crippen molar-refractivity contribution in [2.24, 2.45) is 5.73 Å². The fraction of sp³-hybridized carbons (Fsp3) is 0.520. The van der Waals surface area contributed by atoms with Crippen LogP contribution in [0.15, 0.2) is 36.7 Å². The zero-order valence-electron chi connectivity index (χ0n) is 21.0. The minimum atomic E-state index is -4.48. The lowest BCUT2D eigenvalue weighted by Crippen LogP contribution is -2.62. The van der Waals surface area contributed by atoms with Crippen molar-refractivity contribution in [3.63, 3.8) is 0 Å². The molecule has 2 aliphatic heterocycles. The summed E-state index contributed by atoms with van der Waals surface area (Å²) in [5.74, 6) is 0.288. The van der Waals surface area contributed by atoms with E-state index >= 15 is 0 Å².